The number of carbonyl (C=O) groups excluding carboxylic acids is 2. The lowest BCUT2D eigenvalue weighted by Gasteiger charge is -2.09. The number of hydroxylamine groups is 1. The number of ether oxygens (including phenoxy) is 1. The largest absolute Gasteiger partial charge is 1.00 e. The number of hydrogen-bond donors (Lipinski definition) is 2. The summed E-state index contributed by atoms with van der Waals surface area (Å²) in [5, 5.41) is 0. The number of halogens is 1. The van der Waals surface area contributed by atoms with Crippen molar-refractivity contribution < 1.29 is 37.3 Å². The molecule has 0 aliphatic carbocycles. The first kappa shape index (κ1) is 23.6. The fourth-order valence-corrected chi connectivity index (χ4v) is 2.48. The van der Waals surface area contributed by atoms with E-state index in [1.165, 1.54) is 0 Å². The topological polar surface area (TPSA) is 92.3 Å². The number of benzene rings is 2. The molecule has 2 rings (SSSR count). The Kier molecular flexibility index (Phi) is 11.6. The molecule has 0 saturated heterocycles. The van der Waals surface area contributed by atoms with Gasteiger partial charge in [-0.3, -0.25) is 4.79 Å². The first-order chi connectivity index (χ1) is 13.1. The lowest BCUT2D eigenvalue weighted by Crippen LogP contribution is -3.00. The highest BCUT2D eigenvalue weighted by atomic mass is 35.5. The molecule has 1 unspecified atom stereocenters. The Bertz CT molecular complexity index is 698. The van der Waals surface area contributed by atoms with Crippen molar-refractivity contribution in [1.82, 2.24) is 5.48 Å². The van der Waals surface area contributed by atoms with E-state index in [0.717, 1.165) is 24.0 Å². The van der Waals surface area contributed by atoms with Gasteiger partial charge < -0.3 is 27.7 Å². The van der Waals surface area contributed by atoms with Crippen molar-refractivity contribution >= 4 is 11.9 Å². The molecule has 0 radical (unpaired) electrons. The summed E-state index contributed by atoms with van der Waals surface area (Å²) in [5.41, 5.74) is 8.40. The van der Waals surface area contributed by atoms with E-state index in [0.29, 0.717) is 13.0 Å². The Morgan fingerprint density at radius 1 is 0.929 bits per heavy atom. The Morgan fingerprint density at radius 3 is 2.18 bits per heavy atom. The maximum Gasteiger partial charge on any atom is 0.365 e. The number of nitrogens with one attached hydrogen (secondary N) is 1. The number of hydrogen-bond acceptors (Lipinski definition) is 5. The highest BCUT2D eigenvalue weighted by Gasteiger charge is 2.18. The number of carbonyl (C=O) groups is 2. The predicted molar refractivity (Wildman–Crippen MR) is 101 cm³/mol. The molecule has 0 amide bonds. The van der Waals surface area contributed by atoms with E-state index in [4.69, 9.17) is 9.57 Å². The second-order valence-electron chi connectivity index (χ2n) is 6.32. The second-order valence-corrected chi connectivity index (χ2v) is 6.32. The zero-order valence-electron chi connectivity index (χ0n) is 15.8. The van der Waals surface area contributed by atoms with Crippen LogP contribution in [0.4, 0.5) is 0 Å². The molecule has 0 spiro atoms. The van der Waals surface area contributed by atoms with Crippen molar-refractivity contribution in [3.8, 4) is 0 Å². The molecule has 2 aromatic carbocycles. The van der Waals surface area contributed by atoms with Gasteiger partial charge in [-0.05, 0) is 24.0 Å². The Labute approximate surface area is 171 Å². The minimum absolute atomic E-state index is 0. The van der Waals surface area contributed by atoms with E-state index >= 15 is 0 Å². The summed E-state index contributed by atoms with van der Waals surface area (Å²) in [6.45, 7) is 0.803. The van der Waals surface area contributed by atoms with Crippen LogP contribution in [0.1, 0.15) is 30.4 Å². The van der Waals surface area contributed by atoms with Gasteiger partial charge in [0.2, 0.25) is 0 Å². The van der Waals surface area contributed by atoms with Crippen molar-refractivity contribution in [3.05, 3.63) is 71.8 Å². The van der Waals surface area contributed by atoms with Crippen molar-refractivity contribution in [1.29, 1.82) is 0 Å². The van der Waals surface area contributed by atoms with E-state index in [-0.39, 0.29) is 37.4 Å². The summed E-state index contributed by atoms with van der Waals surface area (Å²) in [5.74, 6) is -0.609. The van der Waals surface area contributed by atoms with E-state index in [2.05, 4.69) is 11.2 Å². The molecule has 0 aliphatic heterocycles. The van der Waals surface area contributed by atoms with Crippen molar-refractivity contribution in [2.75, 3.05) is 6.54 Å². The first-order valence-electron chi connectivity index (χ1n) is 9.15. The molecule has 0 aliphatic rings. The minimum Gasteiger partial charge on any atom is -1.00 e. The van der Waals surface area contributed by atoms with Crippen LogP contribution in [0.3, 0.4) is 0 Å². The first-order valence-corrected chi connectivity index (χ1v) is 9.15. The number of unbranched alkanes of at least 4 members (excludes halogenated alkanes) is 1. The van der Waals surface area contributed by atoms with Crippen LogP contribution in [-0.4, -0.2) is 24.5 Å². The average molecular weight is 407 g/mol. The van der Waals surface area contributed by atoms with Crippen LogP contribution in [0.25, 0.3) is 0 Å². The molecule has 0 bridgehead atoms. The van der Waals surface area contributed by atoms with E-state index in [9.17, 15) is 9.59 Å². The number of esters is 1. The lowest BCUT2D eigenvalue weighted by molar-refractivity contribution is -0.410. The highest BCUT2D eigenvalue weighted by molar-refractivity contribution is 5.74. The lowest BCUT2D eigenvalue weighted by atomic mass is 10.1. The van der Waals surface area contributed by atoms with E-state index in [1.54, 1.807) is 0 Å². The van der Waals surface area contributed by atoms with Crippen LogP contribution < -0.4 is 23.6 Å². The molecule has 28 heavy (non-hydrogen) atoms. The average Bonchev–Trinajstić information content (AvgIpc) is 2.70. The quantitative estimate of drug-likeness (QED) is 0.278. The molecule has 1 atom stereocenters. The van der Waals surface area contributed by atoms with Gasteiger partial charge in [0.15, 0.2) is 6.04 Å². The van der Waals surface area contributed by atoms with Crippen LogP contribution in [0.15, 0.2) is 60.7 Å². The third-order valence-corrected chi connectivity index (χ3v) is 4.02. The maximum absolute atomic E-state index is 11.9. The molecule has 7 heteroatoms. The van der Waals surface area contributed by atoms with Crippen molar-refractivity contribution in [2.24, 2.45) is 0 Å². The molecule has 4 N–H and O–H groups in total. The molecule has 0 aromatic heterocycles. The van der Waals surface area contributed by atoms with Crippen molar-refractivity contribution in [2.45, 2.75) is 38.3 Å². The summed E-state index contributed by atoms with van der Waals surface area (Å²) in [6.07, 6.45) is 2.43. The summed E-state index contributed by atoms with van der Waals surface area (Å²) >= 11 is 0. The smallest absolute Gasteiger partial charge is 0.365 e. The van der Waals surface area contributed by atoms with Gasteiger partial charge in [-0.15, -0.1) is 0 Å². The van der Waals surface area contributed by atoms with Gasteiger partial charge >= 0.3 is 11.9 Å². The van der Waals surface area contributed by atoms with Gasteiger partial charge in [-0.2, -0.15) is 5.48 Å². The summed E-state index contributed by atoms with van der Waals surface area (Å²) in [6, 6.07) is 18.6. The van der Waals surface area contributed by atoms with Crippen LogP contribution >= 0.6 is 0 Å². The molecule has 2 aromatic rings. The summed E-state index contributed by atoms with van der Waals surface area (Å²) in [7, 11) is 0. The van der Waals surface area contributed by atoms with E-state index in [1.807, 2.05) is 60.7 Å². The van der Waals surface area contributed by atoms with Crippen LogP contribution in [0.2, 0.25) is 0 Å². The zero-order valence-corrected chi connectivity index (χ0v) is 16.6. The zero-order chi connectivity index (χ0) is 19.3. The Morgan fingerprint density at radius 2 is 1.54 bits per heavy atom. The molecule has 6 nitrogen and oxygen atoms in total. The monoisotopic (exact) mass is 406 g/mol. The standard InChI is InChI=1S/C21H26N2O4.ClH/c22-19(21(25)26-16-18-11-5-2-6-12-18)13-7-8-14-23-27-20(24)15-17-9-3-1-4-10-17;/h1-6,9-12,19,23H,7-8,13-16,22H2;1H. The molecular weight excluding hydrogens is 380 g/mol. The molecule has 0 fully saturated rings. The van der Waals surface area contributed by atoms with Gasteiger partial charge in [-0.1, -0.05) is 60.7 Å². The van der Waals surface area contributed by atoms with Gasteiger partial charge in [0, 0.05) is 13.0 Å². The summed E-state index contributed by atoms with van der Waals surface area (Å²) in [4.78, 5) is 28.6. The molecule has 0 saturated carbocycles. The molecule has 0 heterocycles. The number of rotatable bonds is 11. The highest BCUT2D eigenvalue weighted by Crippen LogP contribution is 2.04. The van der Waals surface area contributed by atoms with Gasteiger partial charge in [-0.25, -0.2) is 4.79 Å². The Hall–Kier alpha value is -2.41. The van der Waals surface area contributed by atoms with Crippen LogP contribution in [-0.2, 0) is 32.2 Å². The predicted octanol–water partition coefficient (Wildman–Crippen LogP) is -1.19. The van der Waals surface area contributed by atoms with Gasteiger partial charge in [0.1, 0.15) is 6.61 Å². The third kappa shape index (κ3) is 9.50. The second kappa shape index (κ2) is 13.7. The third-order valence-electron chi connectivity index (χ3n) is 4.02. The minimum atomic E-state index is -0.394. The van der Waals surface area contributed by atoms with Crippen LogP contribution in [0, 0.1) is 0 Å². The SMILES string of the molecule is [Cl-].[NH3+]C(CCCCNOC(=O)Cc1ccccc1)C(=O)OCc1ccccc1. The fourth-order valence-electron chi connectivity index (χ4n) is 2.48. The molecule has 152 valence electrons. The normalized spacial score (nSPS) is 11.2. The fraction of sp³-hybridized carbons (Fsp3) is 0.333. The maximum atomic E-state index is 11.9. The van der Waals surface area contributed by atoms with Crippen LogP contribution in [0.5, 0.6) is 0 Å². The van der Waals surface area contributed by atoms with Gasteiger partial charge in [0.05, 0.1) is 6.42 Å². The van der Waals surface area contributed by atoms with Gasteiger partial charge in [0.25, 0.3) is 0 Å². The van der Waals surface area contributed by atoms with E-state index < -0.39 is 6.04 Å². The number of quaternary nitrogens is 1. The summed E-state index contributed by atoms with van der Waals surface area (Å²) < 4.78 is 5.27. The Balaban J connectivity index is 0.00000392. The van der Waals surface area contributed by atoms with Crippen molar-refractivity contribution in [3.63, 3.8) is 0 Å². The molecular formula is C21H27ClN2O4.